The lowest BCUT2D eigenvalue weighted by atomic mass is 9.86. The van der Waals surface area contributed by atoms with Crippen molar-refractivity contribution in [1.29, 1.82) is 0 Å². The van der Waals surface area contributed by atoms with E-state index in [1.807, 2.05) is 4.90 Å². The van der Waals surface area contributed by atoms with E-state index >= 15 is 0 Å². The van der Waals surface area contributed by atoms with E-state index in [1.165, 1.54) is 37.1 Å². The van der Waals surface area contributed by atoms with E-state index in [0.717, 1.165) is 19.5 Å². The molecule has 118 valence electrons. The van der Waals surface area contributed by atoms with Gasteiger partial charge in [0.25, 0.3) is 0 Å². The number of piperidine rings is 3. The maximum atomic E-state index is 12.6. The average molecular weight is 300 g/mol. The Bertz CT molecular complexity index is 566. The van der Waals surface area contributed by atoms with Crippen LogP contribution in [0.2, 0.25) is 0 Å². The largest absolute Gasteiger partial charge is 0.444 e. The van der Waals surface area contributed by atoms with Crippen LogP contribution in [0.1, 0.15) is 36.9 Å². The topological polar surface area (TPSA) is 32.8 Å². The van der Waals surface area contributed by atoms with Crippen LogP contribution < -0.4 is 0 Å². The molecule has 4 heteroatoms. The summed E-state index contributed by atoms with van der Waals surface area (Å²) in [6.07, 6.45) is 3.25. The molecule has 0 N–H and O–H groups in total. The lowest BCUT2D eigenvalue weighted by molar-refractivity contribution is -0.0469. The zero-order chi connectivity index (χ0) is 15.1. The first-order valence-corrected chi connectivity index (χ1v) is 8.50. The van der Waals surface area contributed by atoms with Crippen LogP contribution >= 0.6 is 0 Å². The third kappa shape index (κ3) is 2.39. The predicted octanol–water partition coefficient (Wildman–Crippen LogP) is 2.84. The number of amides is 1. The van der Waals surface area contributed by atoms with Crippen molar-refractivity contribution < 1.29 is 9.53 Å². The number of nitrogens with zero attached hydrogens (tertiary/aromatic N) is 2. The second kappa shape index (κ2) is 5.58. The maximum Gasteiger partial charge on any atom is 0.410 e. The Morgan fingerprint density at radius 3 is 2.68 bits per heavy atom. The van der Waals surface area contributed by atoms with Crippen molar-refractivity contribution in [2.45, 2.75) is 38.3 Å². The highest BCUT2D eigenvalue weighted by atomic mass is 16.6. The van der Waals surface area contributed by atoms with Crippen LogP contribution in [-0.4, -0.2) is 48.2 Å². The van der Waals surface area contributed by atoms with Gasteiger partial charge in [-0.15, -0.1) is 0 Å². The molecule has 2 bridgehead atoms. The van der Waals surface area contributed by atoms with Gasteiger partial charge in [-0.1, -0.05) is 24.3 Å². The summed E-state index contributed by atoms with van der Waals surface area (Å²) in [4.78, 5) is 17.0. The number of hydrogen-bond donors (Lipinski definition) is 0. The molecule has 1 aromatic carbocycles. The molecule has 0 radical (unpaired) electrons. The Morgan fingerprint density at radius 2 is 1.95 bits per heavy atom. The van der Waals surface area contributed by atoms with Crippen molar-refractivity contribution in [1.82, 2.24) is 9.80 Å². The average Bonchev–Trinajstić information content (AvgIpc) is 2.56. The summed E-state index contributed by atoms with van der Waals surface area (Å²) in [5.74, 6) is 0.571. The van der Waals surface area contributed by atoms with Crippen molar-refractivity contribution >= 4 is 6.09 Å². The van der Waals surface area contributed by atoms with Crippen molar-refractivity contribution in [2.75, 3.05) is 26.2 Å². The first kappa shape index (κ1) is 14.1. The zero-order valence-corrected chi connectivity index (χ0v) is 13.2. The van der Waals surface area contributed by atoms with E-state index in [4.69, 9.17) is 4.74 Å². The molecule has 4 aliphatic rings. The minimum absolute atomic E-state index is 0.0966. The van der Waals surface area contributed by atoms with Gasteiger partial charge in [-0.05, 0) is 56.3 Å². The van der Waals surface area contributed by atoms with Gasteiger partial charge in [-0.25, -0.2) is 4.79 Å². The fourth-order valence-corrected chi connectivity index (χ4v) is 4.26. The monoisotopic (exact) mass is 300 g/mol. The minimum atomic E-state index is -0.124. The Morgan fingerprint density at radius 1 is 1.18 bits per heavy atom. The maximum absolute atomic E-state index is 12.6. The van der Waals surface area contributed by atoms with Gasteiger partial charge in [0.1, 0.15) is 6.10 Å². The molecule has 0 saturated carbocycles. The molecule has 0 aliphatic carbocycles. The number of carbonyl (C=O) groups is 1. The summed E-state index contributed by atoms with van der Waals surface area (Å²) in [6.45, 7) is 6.14. The van der Waals surface area contributed by atoms with Crippen LogP contribution in [0.25, 0.3) is 0 Å². The number of fused-ring (bicyclic) bond motifs is 4. The number of hydrogen-bond acceptors (Lipinski definition) is 3. The SMILES string of the molecule is C[C@H]1c2ccccc2CCN1C(=O)O[C@H]1CN2CCC1CC2. The fraction of sp³-hybridized carbons (Fsp3) is 0.611. The van der Waals surface area contributed by atoms with Crippen LogP contribution in [0.15, 0.2) is 24.3 Å². The highest BCUT2D eigenvalue weighted by Gasteiger charge is 2.38. The first-order valence-electron chi connectivity index (χ1n) is 8.50. The standard InChI is InChI=1S/C18H24N2O2/c1-13-16-5-3-2-4-14(16)8-11-20(13)18(21)22-17-12-19-9-6-15(17)7-10-19/h2-5,13,15,17H,6-12H2,1H3/t13-,17-/m0/s1. The van der Waals surface area contributed by atoms with Crippen molar-refractivity contribution in [2.24, 2.45) is 5.92 Å². The Balaban J connectivity index is 1.45. The summed E-state index contributed by atoms with van der Waals surface area (Å²) in [5, 5.41) is 0. The van der Waals surface area contributed by atoms with Crippen molar-refractivity contribution in [3.8, 4) is 0 Å². The molecule has 4 heterocycles. The summed E-state index contributed by atoms with van der Waals surface area (Å²) in [6, 6.07) is 8.54. The molecule has 1 aromatic rings. The van der Waals surface area contributed by atoms with Gasteiger partial charge in [-0.2, -0.15) is 0 Å². The highest BCUT2D eigenvalue weighted by molar-refractivity contribution is 5.69. The molecule has 5 rings (SSSR count). The third-order valence-electron chi connectivity index (χ3n) is 5.68. The Kier molecular flexibility index (Phi) is 3.57. The number of carbonyl (C=O) groups excluding carboxylic acids is 1. The quantitative estimate of drug-likeness (QED) is 0.799. The van der Waals surface area contributed by atoms with Gasteiger partial charge in [0.15, 0.2) is 0 Å². The van der Waals surface area contributed by atoms with E-state index in [0.29, 0.717) is 5.92 Å². The van der Waals surface area contributed by atoms with E-state index in [2.05, 4.69) is 36.1 Å². The van der Waals surface area contributed by atoms with Crippen LogP contribution in [0.3, 0.4) is 0 Å². The lowest BCUT2D eigenvalue weighted by Crippen LogP contribution is -2.53. The van der Waals surface area contributed by atoms with Gasteiger partial charge >= 0.3 is 6.09 Å². The smallest absolute Gasteiger partial charge is 0.410 e. The fourth-order valence-electron chi connectivity index (χ4n) is 4.26. The molecule has 3 fully saturated rings. The molecule has 1 amide bonds. The summed E-state index contributed by atoms with van der Waals surface area (Å²) in [7, 11) is 0. The molecular weight excluding hydrogens is 276 g/mol. The van der Waals surface area contributed by atoms with Crippen molar-refractivity contribution in [3.05, 3.63) is 35.4 Å². The van der Waals surface area contributed by atoms with Gasteiger partial charge in [0.2, 0.25) is 0 Å². The van der Waals surface area contributed by atoms with E-state index in [9.17, 15) is 4.79 Å². The van der Waals surface area contributed by atoms with Gasteiger partial charge in [0.05, 0.1) is 6.04 Å². The molecule has 0 spiro atoms. The van der Waals surface area contributed by atoms with Crippen LogP contribution in [0.4, 0.5) is 4.79 Å². The van der Waals surface area contributed by atoms with Crippen LogP contribution in [-0.2, 0) is 11.2 Å². The molecule has 0 unspecified atom stereocenters. The second-order valence-corrected chi connectivity index (χ2v) is 6.88. The molecule has 3 saturated heterocycles. The number of rotatable bonds is 1. The summed E-state index contributed by atoms with van der Waals surface area (Å²) < 4.78 is 5.90. The second-order valence-electron chi connectivity index (χ2n) is 6.88. The first-order chi connectivity index (χ1) is 10.7. The molecule has 0 aromatic heterocycles. The zero-order valence-electron chi connectivity index (χ0n) is 13.2. The highest BCUT2D eigenvalue weighted by Crippen LogP contribution is 2.33. The predicted molar refractivity (Wildman–Crippen MR) is 84.7 cm³/mol. The molecular formula is C18H24N2O2. The van der Waals surface area contributed by atoms with Gasteiger partial charge in [0, 0.05) is 13.1 Å². The minimum Gasteiger partial charge on any atom is -0.444 e. The van der Waals surface area contributed by atoms with E-state index in [1.54, 1.807) is 0 Å². The molecule has 4 nitrogen and oxygen atoms in total. The Labute approximate surface area is 132 Å². The van der Waals surface area contributed by atoms with Crippen molar-refractivity contribution in [3.63, 3.8) is 0 Å². The van der Waals surface area contributed by atoms with E-state index < -0.39 is 0 Å². The molecule has 22 heavy (non-hydrogen) atoms. The lowest BCUT2D eigenvalue weighted by Gasteiger charge is -2.45. The number of benzene rings is 1. The normalized spacial score (nSPS) is 33.4. The Hall–Kier alpha value is -1.55. The molecule has 2 atom stereocenters. The van der Waals surface area contributed by atoms with E-state index in [-0.39, 0.29) is 18.2 Å². The van der Waals surface area contributed by atoms with Gasteiger partial charge < -0.3 is 9.64 Å². The third-order valence-corrected chi connectivity index (χ3v) is 5.68. The van der Waals surface area contributed by atoms with Crippen LogP contribution in [0.5, 0.6) is 0 Å². The van der Waals surface area contributed by atoms with Gasteiger partial charge in [-0.3, -0.25) is 4.90 Å². The number of ether oxygens (including phenoxy) is 1. The molecule has 4 aliphatic heterocycles. The summed E-state index contributed by atoms with van der Waals surface area (Å²) >= 11 is 0. The summed E-state index contributed by atoms with van der Waals surface area (Å²) in [5.41, 5.74) is 2.63. The van der Waals surface area contributed by atoms with Crippen LogP contribution in [0, 0.1) is 5.92 Å².